The van der Waals surface area contributed by atoms with E-state index >= 15 is 0 Å². The van der Waals surface area contributed by atoms with Gasteiger partial charge >= 0.3 is 0 Å². The molecule has 0 amide bonds. The summed E-state index contributed by atoms with van der Waals surface area (Å²) in [5, 5.41) is 6.93. The molecule has 1 fully saturated rings. The monoisotopic (exact) mass is 386 g/mol. The minimum absolute atomic E-state index is 0.418. The average Bonchev–Trinajstić information content (AvgIpc) is 3.09. The van der Waals surface area contributed by atoms with Crippen LogP contribution in [-0.4, -0.2) is 32.1 Å². The van der Waals surface area contributed by atoms with Gasteiger partial charge in [0.1, 0.15) is 0 Å². The molecule has 0 aromatic heterocycles. The van der Waals surface area contributed by atoms with Crippen LogP contribution in [0.2, 0.25) is 0 Å². The van der Waals surface area contributed by atoms with Crippen molar-refractivity contribution in [2.45, 2.75) is 19.0 Å². The van der Waals surface area contributed by atoms with E-state index in [2.05, 4.69) is 91.1 Å². The standard InChI is InChI=1S/C19H23BrN4/c1-21-19(22-13-15-7-9-16(20)10-8-15)23-17-11-12-24(14-17)18-5-3-2-4-6-18/h2-10,17H,11-14H2,1H3,(H2,21,22,23). The Morgan fingerprint density at radius 3 is 2.62 bits per heavy atom. The SMILES string of the molecule is CN=C(NCc1ccc(Br)cc1)NC1CCN(c2ccccc2)C1. The number of rotatable bonds is 4. The van der Waals surface area contributed by atoms with Crippen LogP contribution >= 0.6 is 15.9 Å². The Kier molecular flexibility index (Phi) is 5.75. The first kappa shape index (κ1) is 16.8. The number of halogens is 1. The van der Waals surface area contributed by atoms with Crippen LogP contribution < -0.4 is 15.5 Å². The predicted octanol–water partition coefficient (Wildman–Crippen LogP) is 3.39. The molecule has 1 aliphatic heterocycles. The van der Waals surface area contributed by atoms with Crippen molar-refractivity contribution < 1.29 is 0 Å². The van der Waals surface area contributed by atoms with Gasteiger partial charge in [0.15, 0.2) is 5.96 Å². The third-order valence-electron chi connectivity index (χ3n) is 4.25. The molecule has 1 atom stereocenters. The van der Waals surface area contributed by atoms with E-state index in [1.165, 1.54) is 11.3 Å². The maximum atomic E-state index is 4.35. The Bertz CT molecular complexity index is 670. The minimum Gasteiger partial charge on any atom is -0.369 e. The summed E-state index contributed by atoms with van der Waals surface area (Å²) in [7, 11) is 1.82. The van der Waals surface area contributed by atoms with Gasteiger partial charge in [-0.05, 0) is 36.2 Å². The van der Waals surface area contributed by atoms with E-state index in [0.717, 1.165) is 36.5 Å². The lowest BCUT2D eigenvalue weighted by atomic mass is 10.2. The van der Waals surface area contributed by atoms with Gasteiger partial charge in [0.05, 0.1) is 0 Å². The molecule has 0 saturated carbocycles. The van der Waals surface area contributed by atoms with Crippen molar-refractivity contribution in [2.24, 2.45) is 4.99 Å². The summed E-state index contributed by atoms with van der Waals surface area (Å²) in [6.45, 7) is 2.84. The summed E-state index contributed by atoms with van der Waals surface area (Å²) in [5.41, 5.74) is 2.53. The molecule has 1 unspecified atom stereocenters. The van der Waals surface area contributed by atoms with Gasteiger partial charge in [-0.3, -0.25) is 4.99 Å². The summed E-state index contributed by atoms with van der Waals surface area (Å²) in [6, 6.07) is 19.3. The zero-order chi connectivity index (χ0) is 16.8. The van der Waals surface area contributed by atoms with E-state index in [-0.39, 0.29) is 0 Å². The highest BCUT2D eigenvalue weighted by Gasteiger charge is 2.23. The van der Waals surface area contributed by atoms with Crippen molar-refractivity contribution in [3.63, 3.8) is 0 Å². The zero-order valence-electron chi connectivity index (χ0n) is 13.9. The number of anilines is 1. The molecule has 5 heteroatoms. The third-order valence-corrected chi connectivity index (χ3v) is 4.78. The maximum absolute atomic E-state index is 4.35. The second-order valence-corrected chi connectivity index (χ2v) is 6.88. The van der Waals surface area contributed by atoms with Crippen molar-refractivity contribution >= 4 is 27.6 Å². The molecule has 0 spiro atoms. The highest BCUT2D eigenvalue weighted by molar-refractivity contribution is 9.10. The van der Waals surface area contributed by atoms with Crippen LogP contribution in [0.3, 0.4) is 0 Å². The molecule has 0 bridgehead atoms. The van der Waals surface area contributed by atoms with Gasteiger partial charge in [-0.25, -0.2) is 0 Å². The molecular weight excluding hydrogens is 364 g/mol. The van der Waals surface area contributed by atoms with Crippen molar-refractivity contribution in [2.75, 3.05) is 25.0 Å². The maximum Gasteiger partial charge on any atom is 0.191 e. The summed E-state index contributed by atoms with van der Waals surface area (Å²) >= 11 is 3.46. The van der Waals surface area contributed by atoms with Crippen molar-refractivity contribution in [1.82, 2.24) is 10.6 Å². The Hall–Kier alpha value is -2.01. The van der Waals surface area contributed by atoms with E-state index in [4.69, 9.17) is 0 Å². The quantitative estimate of drug-likeness (QED) is 0.624. The molecule has 3 rings (SSSR count). The molecule has 2 N–H and O–H groups in total. The number of para-hydroxylation sites is 1. The molecule has 4 nitrogen and oxygen atoms in total. The molecule has 0 radical (unpaired) electrons. The molecule has 2 aromatic carbocycles. The highest BCUT2D eigenvalue weighted by Crippen LogP contribution is 2.19. The van der Waals surface area contributed by atoms with Crippen LogP contribution in [0.15, 0.2) is 64.1 Å². The fraction of sp³-hybridized carbons (Fsp3) is 0.316. The van der Waals surface area contributed by atoms with Crippen LogP contribution in [0.1, 0.15) is 12.0 Å². The lowest BCUT2D eigenvalue weighted by Crippen LogP contribution is -2.44. The van der Waals surface area contributed by atoms with E-state index < -0.39 is 0 Å². The number of aliphatic imine (C=N–C) groups is 1. The first-order chi connectivity index (χ1) is 11.7. The van der Waals surface area contributed by atoms with E-state index in [1.807, 2.05) is 7.05 Å². The molecular formula is C19H23BrN4. The largest absolute Gasteiger partial charge is 0.369 e. The summed E-state index contributed by atoms with van der Waals surface area (Å²) in [4.78, 5) is 6.76. The number of hydrogen-bond donors (Lipinski definition) is 2. The van der Waals surface area contributed by atoms with E-state index in [1.54, 1.807) is 0 Å². The minimum atomic E-state index is 0.418. The Morgan fingerprint density at radius 1 is 1.17 bits per heavy atom. The normalized spacial score (nSPS) is 17.8. The number of hydrogen-bond acceptors (Lipinski definition) is 2. The zero-order valence-corrected chi connectivity index (χ0v) is 15.5. The van der Waals surface area contributed by atoms with Gasteiger partial charge in [0, 0.05) is 42.9 Å². The van der Waals surface area contributed by atoms with Gasteiger partial charge in [-0.2, -0.15) is 0 Å². The first-order valence-electron chi connectivity index (χ1n) is 8.26. The van der Waals surface area contributed by atoms with E-state index in [9.17, 15) is 0 Å². The molecule has 1 aliphatic rings. The van der Waals surface area contributed by atoms with Crippen LogP contribution in [0, 0.1) is 0 Å². The molecule has 0 aliphatic carbocycles. The number of nitrogens with one attached hydrogen (secondary N) is 2. The summed E-state index contributed by atoms with van der Waals surface area (Å²) in [5.74, 6) is 0.859. The molecule has 1 heterocycles. The lowest BCUT2D eigenvalue weighted by molar-refractivity contribution is 0.648. The Morgan fingerprint density at radius 2 is 1.92 bits per heavy atom. The second-order valence-electron chi connectivity index (χ2n) is 5.96. The summed E-state index contributed by atoms with van der Waals surface area (Å²) < 4.78 is 1.10. The second kappa shape index (κ2) is 8.20. The first-order valence-corrected chi connectivity index (χ1v) is 9.05. The van der Waals surface area contributed by atoms with Crippen LogP contribution in [0.25, 0.3) is 0 Å². The van der Waals surface area contributed by atoms with Gasteiger partial charge in [-0.1, -0.05) is 46.3 Å². The molecule has 2 aromatic rings. The van der Waals surface area contributed by atoms with Crippen molar-refractivity contribution in [1.29, 1.82) is 0 Å². The fourth-order valence-corrected chi connectivity index (χ4v) is 3.19. The van der Waals surface area contributed by atoms with Gasteiger partial charge in [0.25, 0.3) is 0 Å². The van der Waals surface area contributed by atoms with Crippen LogP contribution in [0.5, 0.6) is 0 Å². The van der Waals surface area contributed by atoms with Crippen molar-refractivity contribution in [3.05, 3.63) is 64.6 Å². The number of guanidine groups is 1. The lowest BCUT2D eigenvalue weighted by Gasteiger charge is -2.20. The van der Waals surface area contributed by atoms with Gasteiger partial charge in [0.2, 0.25) is 0 Å². The topological polar surface area (TPSA) is 39.7 Å². The average molecular weight is 387 g/mol. The summed E-state index contributed by atoms with van der Waals surface area (Å²) in [6.07, 6.45) is 1.12. The van der Waals surface area contributed by atoms with Crippen molar-refractivity contribution in [3.8, 4) is 0 Å². The Labute approximate surface area is 152 Å². The number of benzene rings is 2. The molecule has 1 saturated heterocycles. The number of nitrogens with zero attached hydrogens (tertiary/aromatic N) is 2. The molecule has 126 valence electrons. The molecule has 24 heavy (non-hydrogen) atoms. The third kappa shape index (κ3) is 4.51. The van der Waals surface area contributed by atoms with Crippen LogP contribution in [-0.2, 0) is 6.54 Å². The fourth-order valence-electron chi connectivity index (χ4n) is 2.93. The van der Waals surface area contributed by atoms with Gasteiger partial charge in [-0.15, -0.1) is 0 Å². The van der Waals surface area contributed by atoms with Crippen LogP contribution in [0.4, 0.5) is 5.69 Å². The predicted molar refractivity (Wildman–Crippen MR) is 105 cm³/mol. The van der Waals surface area contributed by atoms with E-state index in [0.29, 0.717) is 6.04 Å². The highest BCUT2D eigenvalue weighted by atomic mass is 79.9. The van der Waals surface area contributed by atoms with Gasteiger partial charge < -0.3 is 15.5 Å². The smallest absolute Gasteiger partial charge is 0.191 e. The Balaban J connectivity index is 1.50.